The molecule has 0 aliphatic heterocycles. The van der Waals surface area contributed by atoms with Crippen molar-refractivity contribution < 1.29 is 4.79 Å². The predicted molar refractivity (Wildman–Crippen MR) is 105 cm³/mol. The van der Waals surface area contributed by atoms with Gasteiger partial charge < -0.3 is 5.32 Å². The quantitative estimate of drug-likeness (QED) is 0.558. The summed E-state index contributed by atoms with van der Waals surface area (Å²) in [4.78, 5) is 21.1. The topological polar surface area (TPSA) is 72.7 Å². The molecule has 0 radical (unpaired) electrons. The summed E-state index contributed by atoms with van der Waals surface area (Å²) < 4.78 is 1.74. The zero-order valence-electron chi connectivity index (χ0n) is 14.4. The van der Waals surface area contributed by atoms with E-state index in [9.17, 15) is 4.79 Å². The molecule has 0 aliphatic carbocycles. The van der Waals surface area contributed by atoms with E-state index < -0.39 is 0 Å². The third-order valence-electron chi connectivity index (χ3n) is 3.87. The van der Waals surface area contributed by atoms with E-state index in [-0.39, 0.29) is 12.3 Å². The molecule has 1 aromatic carbocycles. The van der Waals surface area contributed by atoms with Gasteiger partial charge in [-0.05, 0) is 12.1 Å². The Morgan fingerprint density at radius 1 is 1.04 bits per heavy atom. The van der Waals surface area contributed by atoms with Gasteiger partial charge in [0.25, 0.3) is 0 Å². The normalized spacial score (nSPS) is 10.7. The van der Waals surface area contributed by atoms with Crippen LogP contribution in [0.25, 0.3) is 10.6 Å². The first-order valence-electron chi connectivity index (χ1n) is 8.49. The Hall–Kier alpha value is -3.32. The van der Waals surface area contributed by atoms with Crippen LogP contribution in [0, 0.1) is 0 Å². The van der Waals surface area contributed by atoms with E-state index >= 15 is 0 Å². The highest BCUT2D eigenvalue weighted by molar-refractivity contribution is 7.13. The van der Waals surface area contributed by atoms with Crippen LogP contribution < -0.4 is 5.32 Å². The average Bonchev–Trinajstić information content (AvgIpc) is 3.33. The second-order valence-corrected chi connectivity index (χ2v) is 6.81. The SMILES string of the molecule is O=C(Cc1csc(-c2ccccc2)n1)Nc1ccn(Cc2ccccn2)n1. The second-order valence-electron chi connectivity index (χ2n) is 5.95. The van der Waals surface area contributed by atoms with Crippen LogP contribution in [0.4, 0.5) is 5.82 Å². The third-order valence-corrected chi connectivity index (χ3v) is 4.81. The molecular formula is C20H17N5OS. The van der Waals surface area contributed by atoms with Crippen LogP contribution in [-0.4, -0.2) is 25.7 Å². The summed E-state index contributed by atoms with van der Waals surface area (Å²) in [6.45, 7) is 0.559. The number of thiazole rings is 1. The molecule has 1 N–H and O–H groups in total. The van der Waals surface area contributed by atoms with Crippen LogP contribution in [0.2, 0.25) is 0 Å². The molecule has 3 aromatic heterocycles. The molecule has 6 nitrogen and oxygen atoms in total. The number of hydrogen-bond donors (Lipinski definition) is 1. The van der Waals surface area contributed by atoms with Crippen molar-refractivity contribution in [2.75, 3.05) is 5.32 Å². The number of carbonyl (C=O) groups excluding carboxylic acids is 1. The Bertz CT molecular complexity index is 1030. The molecule has 134 valence electrons. The van der Waals surface area contributed by atoms with E-state index in [1.165, 1.54) is 11.3 Å². The van der Waals surface area contributed by atoms with Gasteiger partial charge in [0, 0.05) is 29.4 Å². The van der Waals surface area contributed by atoms with Crippen LogP contribution in [0.1, 0.15) is 11.4 Å². The van der Waals surface area contributed by atoms with Crippen molar-refractivity contribution in [3.8, 4) is 10.6 Å². The van der Waals surface area contributed by atoms with Gasteiger partial charge in [0.1, 0.15) is 5.01 Å². The number of hydrogen-bond acceptors (Lipinski definition) is 5. The van der Waals surface area contributed by atoms with Gasteiger partial charge in [-0.3, -0.25) is 14.5 Å². The molecule has 27 heavy (non-hydrogen) atoms. The summed E-state index contributed by atoms with van der Waals surface area (Å²) >= 11 is 1.54. The first-order chi connectivity index (χ1) is 13.3. The first kappa shape index (κ1) is 17.1. The van der Waals surface area contributed by atoms with E-state index in [1.807, 2.05) is 60.1 Å². The van der Waals surface area contributed by atoms with Gasteiger partial charge in [0.15, 0.2) is 5.82 Å². The van der Waals surface area contributed by atoms with Crippen LogP contribution >= 0.6 is 11.3 Å². The highest BCUT2D eigenvalue weighted by atomic mass is 32.1. The number of nitrogens with zero attached hydrogens (tertiary/aromatic N) is 4. The fraction of sp³-hybridized carbons (Fsp3) is 0.100. The molecule has 7 heteroatoms. The Morgan fingerprint density at radius 2 is 1.89 bits per heavy atom. The molecule has 0 fully saturated rings. The zero-order valence-corrected chi connectivity index (χ0v) is 15.3. The lowest BCUT2D eigenvalue weighted by Gasteiger charge is -2.02. The summed E-state index contributed by atoms with van der Waals surface area (Å²) in [5, 5.41) is 10.0. The number of carbonyl (C=O) groups is 1. The van der Waals surface area contributed by atoms with Gasteiger partial charge in [-0.15, -0.1) is 11.3 Å². The largest absolute Gasteiger partial charge is 0.309 e. The van der Waals surface area contributed by atoms with E-state index in [1.54, 1.807) is 16.9 Å². The minimum atomic E-state index is -0.136. The summed E-state index contributed by atoms with van der Waals surface area (Å²) in [7, 11) is 0. The summed E-state index contributed by atoms with van der Waals surface area (Å²) in [5.41, 5.74) is 2.72. The zero-order chi connectivity index (χ0) is 18.5. The fourth-order valence-electron chi connectivity index (χ4n) is 2.63. The lowest BCUT2D eigenvalue weighted by atomic mass is 10.2. The molecule has 4 rings (SSSR count). The van der Waals surface area contributed by atoms with Gasteiger partial charge in [-0.25, -0.2) is 4.98 Å². The second kappa shape index (κ2) is 7.92. The average molecular weight is 375 g/mol. The molecular weight excluding hydrogens is 358 g/mol. The molecule has 0 bridgehead atoms. The number of benzene rings is 1. The van der Waals surface area contributed by atoms with Gasteiger partial charge in [-0.1, -0.05) is 36.4 Å². The summed E-state index contributed by atoms with van der Waals surface area (Å²) in [6, 6.07) is 17.5. The Morgan fingerprint density at radius 3 is 2.70 bits per heavy atom. The summed E-state index contributed by atoms with van der Waals surface area (Å²) in [6.07, 6.45) is 3.79. The van der Waals surface area contributed by atoms with E-state index in [0.29, 0.717) is 12.4 Å². The number of nitrogens with one attached hydrogen (secondary N) is 1. The summed E-state index contributed by atoms with van der Waals surface area (Å²) in [5.74, 6) is 0.387. The monoisotopic (exact) mass is 375 g/mol. The Labute approximate surface area is 160 Å². The first-order valence-corrected chi connectivity index (χ1v) is 9.37. The Kier molecular flexibility index (Phi) is 5.02. The molecule has 0 unspecified atom stereocenters. The van der Waals surface area contributed by atoms with E-state index in [2.05, 4.69) is 20.4 Å². The molecule has 0 saturated carbocycles. The van der Waals surface area contributed by atoms with Crippen molar-refractivity contribution in [3.05, 3.63) is 83.8 Å². The minimum absolute atomic E-state index is 0.136. The van der Waals surface area contributed by atoms with Crippen LogP contribution in [0.3, 0.4) is 0 Å². The number of anilines is 1. The van der Waals surface area contributed by atoms with Crippen molar-refractivity contribution in [2.45, 2.75) is 13.0 Å². The lowest BCUT2D eigenvalue weighted by molar-refractivity contribution is -0.115. The lowest BCUT2D eigenvalue weighted by Crippen LogP contribution is -2.15. The van der Waals surface area contributed by atoms with Crippen LogP contribution in [0.5, 0.6) is 0 Å². The van der Waals surface area contributed by atoms with Crippen LogP contribution in [0.15, 0.2) is 72.4 Å². The Balaban J connectivity index is 1.35. The van der Waals surface area contributed by atoms with E-state index in [4.69, 9.17) is 0 Å². The predicted octanol–water partition coefficient (Wildman–Crippen LogP) is 3.63. The fourth-order valence-corrected chi connectivity index (χ4v) is 3.45. The minimum Gasteiger partial charge on any atom is -0.309 e. The van der Waals surface area contributed by atoms with Gasteiger partial charge in [-0.2, -0.15) is 5.10 Å². The van der Waals surface area contributed by atoms with Crippen molar-refractivity contribution in [1.29, 1.82) is 0 Å². The smallest absolute Gasteiger partial charge is 0.231 e. The number of pyridine rings is 1. The highest BCUT2D eigenvalue weighted by Crippen LogP contribution is 2.23. The van der Waals surface area contributed by atoms with E-state index in [0.717, 1.165) is 22.0 Å². The maximum absolute atomic E-state index is 12.3. The van der Waals surface area contributed by atoms with Crippen molar-refractivity contribution in [2.24, 2.45) is 0 Å². The number of amides is 1. The molecule has 0 saturated heterocycles. The van der Waals surface area contributed by atoms with Crippen molar-refractivity contribution >= 4 is 23.1 Å². The highest BCUT2D eigenvalue weighted by Gasteiger charge is 2.10. The van der Waals surface area contributed by atoms with Gasteiger partial charge >= 0.3 is 0 Å². The van der Waals surface area contributed by atoms with Gasteiger partial charge in [0.2, 0.25) is 5.91 Å². The standard InChI is InChI=1S/C20H17N5OS/c26-19(12-17-14-27-20(22-17)15-6-2-1-3-7-15)23-18-9-11-25(24-18)13-16-8-4-5-10-21-16/h1-11,14H,12-13H2,(H,23,24,26). The molecule has 0 aliphatic rings. The van der Waals surface area contributed by atoms with Gasteiger partial charge in [0.05, 0.1) is 24.4 Å². The molecule has 0 atom stereocenters. The number of aromatic nitrogens is 4. The molecule has 3 heterocycles. The molecule has 1 amide bonds. The van der Waals surface area contributed by atoms with Crippen molar-refractivity contribution in [3.63, 3.8) is 0 Å². The third kappa shape index (κ3) is 4.45. The van der Waals surface area contributed by atoms with Crippen LogP contribution in [-0.2, 0) is 17.8 Å². The molecule has 0 spiro atoms. The van der Waals surface area contributed by atoms with Crippen molar-refractivity contribution in [1.82, 2.24) is 19.7 Å². The molecule has 4 aromatic rings. The maximum atomic E-state index is 12.3. The number of rotatable bonds is 6. The maximum Gasteiger partial charge on any atom is 0.231 e.